The number of hydrogen-bond acceptors (Lipinski definition) is 4. The third kappa shape index (κ3) is 6.92. The number of piperidine rings is 1. The van der Waals surface area contributed by atoms with Gasteiger partial charge >= 0.3 is 0 Å². The Hall–Kier alpha value is -1.35. The van der Waals surface area contributed by atoms with Gasteiger partial charge in [-0.1, -0.05) is 25.1 Å². The second kappa shape index (κ2) is 12.3. The van der Waals surface area contributed by atoms with E-state index in [1.807, 2.05) is 6.20 Å². The maximum atomic E-state index is 4.78. The molecule has 1 atom stereocenters. The quantitative estimate of drug-likeness (QED) is 0.333. The molecule has 1 aliphatic heterocycles. The lowest BCUT2D eigenvalue weighted by Gasteiger charge is -2.35. The second-order valence-corrected chi connectivity index (χ2v) is 8.05. The summed E-state index contributed by atoms with van der Waals surface area (Å²) in [7, 11) is 0. The molecule has 2 N–H and O–H groups in total. The highest BCUT2D eigenvalue weighted by atomic mass is 127. The summed E-state index contributed by atoms with van der Waals surface area (Å²) >= 11 is 1.80. The maximum Gasteiger partial charge on any atom is 0.191 e. The number of halogens is 1. The number of guanidine groups is 1. The number of aliphatic imine (C=N–C) groups is 1. The fraction of sp³-hybridized carbons (Fsp3) is 0.524. The van der Waals surface area contributed by atoms with Gasteiger partial charge in [0.2, 0.25) is 0 Å². The number of thiazole rings is 1. The van der Waals surface area contributed by atoms with Crippen molar-refractivity contribution in [1.29, 1.82) is 0 Å². The van der Waals surface area contributed by atoms with Gasteiger partial charge < -0.3 is 15.5 Å². The van der Waals surface area contributed by atoms with Gasteiger partial charge in [-0.25, -0.2) is 4.98 Å². The fourth-order valence-electron chi connectivity index (χ4n) is 3.37. The van der Waals surface area contributed by atoms with Crippen LogP contribution in [0.25, 0.3) is 0 Å². The van der Waals surface area contributed by atoms with Gasteiger partial charge in [-0.05, 0) is 38.3 Å². The molecule has 5 nitrogen and oxygen atoms in total. The van der Waals surface area contributed by atoms with Crippen molar-refractivity contribution in [2.24, 2.45) is 4.99 Å². The molecule has 1 unspecified atom stereocenters. The molecule has 1 aromatic heterocycles. The predicted octanol–water partition coefficient (Wildman–Crippen LogP) is 4.09. The molecule has 0 aliphatic carbocycles. The molecule has 1 saturated heterocycles. The van der Waals surface area contributed by atoms with Crippen LogP contribution < -0.4 is 15.5 Å². The number of nitrogens with zero attached hydrogens (tertiary/aromatic N) is 3. The maximum absolute atomic E-state index is 4.78. The van der Waals surface area contributed by atoms with Crippen LogP contribution in [0.3, 0.4) is 0 Å². The van der Waals surface area contributed by atoms with Crippen LogP contribution in [-0.4, -0.2) is 43.2 Å². The molecule has 0 radical (unpaired) electrons. The van der Waals surface area contributed by atoms with Crippen molar-refractivity contribution in [3.8, 4) is 0 Å². The molecule has 7 heteroatoms. The molecule has 0 bridgehead atoms. The lowest BCUT2D eigenvalue weighted by molar-refractivity contribution is 0.468. The minimum Gasteiger partial charge on any atom is -0.369 e. The van der Waals surface area contributed by atoms with Crippen molar-refractivity contribution in [2.75, 3.05) is 31.1 Å². The van der Waals surface area contributed by atoms with Gasteiger partial charge in [0.05, 0.1) is 5.01 Å². The Kier molecular flexibility index (Phi) is 10.0. The molecule has 2 aromatic rings. The summed E-state index contributed by atoms with van der Waals surface area (Å²) < 4.78 is 0. The third-order valence-electron chi connectivity index (χ3n) is 4.77. The highest BCUT2D eigenvalue weighted by Gasteiger charge is 2.20. The second-order valence-electron chi connectivity index (χ2n) is 6.85. The van der Waals surface area contributed by atoms with E-state index < -0.39 is 0 Å². The first-order chi connectivity index (χ1) is 13.3. The Balaban J connectivity index is 0.00000280. The number of anilines is 1. The normalized spacial score (nSPS) is 17.1. The van der Waals surface area contributed by atoms with E-state index in [1.165, 1.54) is 28.4 Å². The molecule has 1 aliphatic rings. The smallest absolute Gasteiger partial charge is 0.191 e. The molecule has 0 saturated carbocycles. The highest BCUT2D eigenvalue weighted by Crippen LogP contribution is 2.19. The predicted molar refractivity (Wildman–Crippen MR) is 131 cm³/mol. The molecule has 1 fully saturated rings. The summed E-state index contributed by atoms with van der Waals surface area (Å²) in [4.78, 5) is 13.1. The Labute approximate surface area is 190 Å². The number of rotatable bonds is 7. The van der Waals surface area contributed by atoms with Crippen LogP contribution in [0.15, 0.2) is 41.5 Å². The lowest BCUT2D eigenvalue weighted by atomic mass is 10.1. The number of nitrogens with one attached hydrogen (secondary N) is 2. The van der Waals surface area contributed by atoms with Gasteiger partial charge in [-0.15, -0.1) is 35.3 Å². The average Bonchev–Trinajstić information content (AvgIpc) is 3.17. The van der Waals surface area contributed by atoms with Gasteiger partial charge in [-0.3, -0.25) is 4.99 Å². The van der Waals surface area contributed by atoms with E-state index >= 15 is 0 Å². The Bertz CT molecular complexity index is 719. The van der Waals surface area contributed by atoms with Crippen LogP contribution >= 0.6 is 35.3 Å². The molecule has 2 heterocycles. The Morgan fingerprint density at radius 3 is 2.82 bits per heavy atom. The standard InChI is InChI=1S/C21H31N5S.HI/c1-3-19-15-24-20(27-19)12-13-23-21(22-4-2)25-17-9-8-14-26(16-17)18-10-6-5-7-11-18;/h5-7,10-11,15,17H,3-4,8-9,12-14,16H2,1-2H3,(H2,22,23,25);1H. The zero-order valence-electron chi connectivity index (χ0n) is 16.9. The number of aryl methyl sites for hydroxylation is 1. The van der Waals surface area contributed by atoms with Crippen molar-refractivity contribution in [1.82, 2.24) is 15.6 Å². The molecule has 0 amide bonds. The minimum atomic E-state index is 0. The van der Waals surface area contributed by atoms with E-state index in [-0.39, 0.29) is 24.0 Å². The van der Waals surface area contributed by atoms with Crippen molar-refractivity contribution in [3.05, 3.63) is 46.4 Å². The van der Waals surface area contributed by atoms with Crippen LogP contribution in [0.5, 0.6) is 0 Å². The summed E-state index contributed by atoms with van der Waals surface area (Å²) in [6, 6.07) is 11.1. The van der Waals surface area contributed by atoms with Gasteiger partial charge in [0, 0.05) is 55.4 Å². The highest BCUT2D eigenvalue weighted by molar-refractivity contribution is 14.0. The Morgan fingerprint density at radius 2 is 2.11 bits per heavy atom. The number of hydrogen-bond donors (Lipinski definition) is 2. The molecular formula is C21H32IN5S. The largest absolute Gasteiger partial charge is 0.369 e. The van der Waals surface area contributed by atoms with Gasteiger partial charge in [0.1, 0.15) is 0 Å². The number of aromatic nitrogens is 1. The average molecular weight is 513 g/mol. The molecular weight excluding hydrogens is 481 g/mol. The summed E-state index contributed by atoms with van der Waals surface area (Å²) in [5, 5.41) is 8.21. The van der Waals surface area contributed by atoms with Gasteiger partial charge in [-0.2, -0.15) is 0 Å². The van der Waals surface area contributed by atoms with Crippen molar-refractivity contribution in [3.63, 3.8) is 0 Å². The molecule has 1 aromatic carbocycles. The topological polar surface area (TPSA) is 52.6 Å². The molecule has 0 spiro atoms. The summed E-state index contributed by atoms with van der Waals surface area (Å²) in [5.41, 5.74) is 1.31. The first kappa shape index (κ1) is 22.9. The summed E-state index contributed by atoms with van der Waals surface area (Å²) in [5.74, 6) is 0.921. The van der Waals surface area contributed by atoms with Crippen molar-refractivity contribution >= 4 is 47.0 Å². The SMILES string of the molecule is CCNC(=NCCc1ncc(CC)s1)NC1CCCN(c2ccccc2)C1.I. The van der Waals surface area contributed by atoms with Crippen molar-refractivity contribution in [2.45, 2.75) is 45.6 Å². The van der Waals surface area contributed by atoms with Crippen LogP contribution in [0.4, 0.5) is 5.69 Å². The number of benzene rings is 1. The van der Waals surface area contributed by atoms with Crippen molar-refractivity contribution < 1.29 is 0 Å². The monoisotopic (exact) mass is 513 g/mol. The van der Waals surface area contributed by atoms with E-state index in [0.717, 1.165) is 45.0 Å². The fourth-order valence-corrected chi connectivity index (χ4v) is 4.22. The zero-order valence-corrected chi connectivity index (χ0v) is 20.0. The molecule has 154 valence electrons. The van der Waals surface area contributed by atoms with Gasteiger partial charge in [0.25, 0.3) is 0 Å². The zero-order chi connectivity index (χ0) is 18.9. The third-order valence-corrected chi connectivity index (χ3v) is 5.97. The first-order valence-electron chi connectivity index (χ1n) is 10.1. The van der Waals surface area contributed by atoms with Crippen LogP contribution in [0, 0.1) is 0 Å². The van der Waals surface area contributed by atoms with Gasteiger partial charge in [0.15, 0.2) is 5.96 Å². The minimum absolute atomic E-state index is 0. The van der Waals surface area contributed by atoms with E-state index in [1.54, 1.807) is 11.3 Å². The molecule has 28 heavy (non-hydrogen) atoms. The van der Waals surface area contributed by atoms with E-state index in [9.17, 15) is 0 Å². The van der Waals surface area contributed by atoms with E-state index in [4.69, 9.17) is 4.99 Å². The van der Waals surface area contributed by atoms with E-state index in [0.29, 0.717) is 6.04 Å². The van der Waals surface area contributed by atoms with Crippen LogP contribution in [-0.2, 0) is 12.8 Å². The molecule has 3 rings (SSSR count). The summed E-state index contributed by atoms with van der Waals surface area (Å²) in [6.45, 7) is 8.06. The number of para-hydroxylation sites is 1. The van der Waals surface area contributed by atoms with Crippen LogP contribution in [0.2, 0.25) is 0 Å². The Morgan fingerprint density at radius 1 is 1.29 bits per heavy atom. The first-order valence-corrected chi connectivity index (χ1v) is 10.9. The summed E-state index contributed by atoms with van der Waals surface area (Å²) in [6.07, 6.45) is 6.34. The van der Waals surface area contributed by atoms with Crippen LogP contribution in [0.1, 0.15) is 36.6 Å². The van der Waals surface area contributed by atoms with E-state index in [2.05, 4.69) is 64.7 Å². The lowest BCUT2D eigenvalue weighted by Crippen LogP contribution is -2.51.